The number of aromatic nitrogens is 1. The first kappa shape index (κ1) is 20.7. The van der Waals surface area contributed by atoms with Crippen molar-refractivity contribution in [2.45, 2.75) is 32.1 Å². The van der Waals surface area contributed by atoms with Crippen LogP contribution in [-0.2, 0) is 21.9 Å². The number of rotatable bonds is 4. The van der Waals surface area contributed by atoms with E-state index in [1.807, 2.05) is 79.7 Å². The van der Waals surface area contributed by atoms with E-state index in [2.05, 4.69) is 6.92 Å². The third-order valence-corrected chi connectivity index (χ3v) is 7.63. The van der Waals surface area contributed by atoms with Gasteiger partial charge in [-0.1, -0.05) is 79.2 Å². The first-order valence-electron chi connectivity index (χ1n) is 10.7. The Hall–Kier alpha value is -3.18. The molecule has 1 atom stereocenters. The highest BCUT2D eigenvalue weighted by atomic mass is 32.2. The number of fused-ring (bicyclic) bond motifs is 2. The van der Waals surface area contributed by atoms with E-state index >= 15 is 0 Å². The molecular formula is C27H25NO3S. The van der Waals surface area contributed by atoms with Crippen LogP contribution in [0, 0.1) is 6.92 Å². The molecule has 162 valence electrons. The van der Waals surface area contributed by atoms with Crippen molar-refractivity contribution in [1.82, 2.24) is 3.97 Å². The second-order valence-electron chi connectivity index (χ2n) is 9.12. The maximum absolute atomic E-state index is 13.0. The summed E-state index contributed by atoms with van der Waals surface area (Å²) in [6, 6.07) is 23.4. The van der Waals surface area contributed by atoms with Crippen LogP contribution in [0.2, 0.25) is 0 Å². The summed E-state index contributed by atoms with van der Waals surface area (Å²) in [4.78, 5) is 12.8. The predicted octanol–water partition coefficient (Wildman–Crippen LogP) is 5.51. The fraction of sp³-hybridized carbons (Fsp3) is 0.222. The van der Waals surface area contributed by atoms with Crippen molar-refractivity contribution in [3.8, 4) is 11.3 Å². The van der Waals surface area contributed by atoms with E-state index in [0.717, 1.165) is 33.2 Å². The number of nitrogens with zero attached hydrogens (tertiary/aromatic N) is 1. The van der Waals surface area contributed by atoms with Crippen LogP contribution in [0.3, 0.4) is 0 Å². The number of hydrogen-bond donors (Lipinski definition) is 0. The summed E-state index contributed by atoms with van der Waals surface area (Å²) in [6.07, 6.45) is 2.23. The molecule has 0 N–H and O–H groups in total. The lowest BCUT2D eigenvalue weighted by Gasteiger charge is -2.25. The van der Waals surface area contributed by atoms with Gasteiger partial charge in [-0.3, -0.25) is 4.79 Å². The monoisotopic (exact) mass is 443 g/mol. The molecule has 0 amide bonds. The van der Waals surface area contributed by atoms with E-state index in [1.165, 1.54) is 10.2 Å². The molecular weight excluding hydrogens is 418 g/mol. The molecule has 0 fully saturated rings. The van der Waals surface area contributed by atoms with Gasteiger partial charge in [0.2, 0.25) is 10.0 Å². The van der Waals surface area contributed by atoms with Gasteiger partial charge >= 0.3 is 0 Å². The molecule has 0 radical (unpaired) electrons. The van der Waals surface area contributed by atoms with Crippen LogP contribution in [0.15, 0.2) is 72.8 Å². The van der Waals surface area contributed by atoms with Crippen molar-refractivity contribution in [2.75, 3.05) is 6.26 Å². The number of carbonyl (C=O) groups excluding carboxylic acids is 1. The molecule has 0 aliphatic heterocycles. The number of aryl methyl sites for hydroxylation is 1. The van der Waals surface area contributed by atoms with Crippen LogP contribution in [-0.4, -0.2) is 24.4 Å². The zero-order chi connectivity index (χ0) is 22.7. The highest BCUT2D eigenvalue weighted by molar-refractivity contribution is 7.89. The first-order chi connectivity index (χ1) is 15.2. The van der Waals surface area contributed by atoms with Gasteiger partial charge < -0.3 is 0 Å². The van der Waals surface area contributed by atoms with E-state index in [-0.39, 0.29) is 5.78 Å². The topological polar surface area (TPSA) is 56.1 Å². The summed E-state index contributed by atoms with van der Waals surface area (Å²) in [5.74, 6) is 0.145. The number of hydrogen-bond acceptors (Lipinski definition) is 3. The molecule has 5 heteroatoms. The van der Waals surface area contributed by atoms with Crippen molar-refractivity contribution in [3.63, 3.8) is 0 Å². The molecule has 1 aliphatic rings. The zero-order valence-corrected chi connectivity index (χ0v) is 19.2. The predicted molar refractivity (Wildman–Crippen MR) is 129 cm³/mol. The van der Waals surface area contributed by atoms with Crippen LogP contribution in [0.1, 0.15) is 40.4 Å². The Kier molecular flexibility index (Phi) is 4.64. The molecule has 1 aromatic heterocycles. The summed E-state index contributed by atoms with van der Waals surface area (Å²) in [7, 11) is -3.57. The molecule has 0 bridgehead atoms. The van der Waals surface area contributed by atoms with Gasteiger partial charge in [0.1, 0.15) is 0 Å². The van der Waals surface area contributed by atoms with Crippen molar-refractivity contribution in [3.05, 3.63) is 95.1 Å². The van der Waals surface area contributed by atoms with E-state index in [9.17, 15) is 13.2 Å². The Morgan fingerprint density at radius 3 is 2.31 bits per heavy atom. The van der Waals surface area contributed by atoms with Crippen molar-refractivity contribution in [1.29, 1.82) is 0 Å². The SMILES string of the molecule is Cc1ccc(-c2c(C[C@@]3(C)CC(=O)c4ccccc43)c3ccccc3n2S(C)(=O)=O)cc1. The lowest BCUT2D eigenvalue weighted by molar-refractivity contribution is 0.0976. The molecule has 4 nitrogen and oxygen atoms in total. The number of para-hydroxylation sites is 1. The first-order valence-corrected chi connectivity index (χ1v) is 12.6. The summed E-state index contributed by atoms with van der Waals surface area (Å²) in [5, 5.41) is 0.909. The van der Waals surface area contributed by atoms with Gasteiger partial charge in [0.05, 0.1) is 17.5 Å². The van der Waals surface area contributed by atoms with Gasteiger partial charge in [0.25, 0.3) is 0 Å². The van der Waals surface area contributed by atoms with Crippen LogP contribution >= 0.6 is 0 Å². The quantitative estimate of drug-likeness (QED) is 0.418. The highest BCUT2D eigenvalue weighted by Gasteiger charge is 2.41. The van der Waals surface area contributed by atoms with E-state index in [1.54, 1.807) is 0 Å². The molecule has 5 rings (SSSR count). The maximum Gasteiger partial charge on any atom is 0.236 e. The zero-order valence-electron chi connectivity index (χ0n) is 18.4. The van der Waals surface area contributed by atoms with Gasteiger partial charge in [-0.2, -0.15) is 0 Å². The average Bonchev–Trinajstić information content (AvgIpc) is 3.21. The van der Waals surface area contributed by atoms with Crippen molar-refractivity contribution >= 4 is 26.7 Å². The van der Waals surface area contributed by atoms with Gasteiger partial charge in [-0.15, -0.1) is 0 Å². The number of ketones is 1. The number of Topliss-reactive ketones (excluding diaryl/α,β-unsaturated/α-hetero) is 1. The minimum absolute atomic E-state index is 0.145. The third kappa shape index (κ3) is 3.19. The second kappa shape index (κ2) is 7.17. The molecule has 0 saturated heterocycles. The van der Waals surface area contributed by atoms with Crippen molar-refractivity contribution in [2.24, 2.45) is 0 Å². The molecule has 32 heavy (non-hydrogen) atoms. The Morgan fingerprint density at radius 1 is 0.938 bits per heavy atom. The van der Waals surface area contributed by atoms with Crippen LogP contribution in [0.25, 0.3) is 22.2 Å². The molecule has 3 aromatic carbocycles. The largest absolute Gasteiger partial charge is 0.294 e. The second-order valence-corrected chi connectivity index (χ2v) is 11.0. The maximum atomic E-state index is 13.0. The Bertz CT molecular complexity index is 1480. The summed E-state index contributed by atoms with van der Waals surface area (Å²) in [6.45, 7) is 4.13. The smallest absolute Gasteiger partial charge is 0.236 e. The molecule has 1 heterocycles. The molecule has 0 unspecified atom stereocenters. The van der Waals surface area contributed by atoms with E-state index < -0.39 is 15.4 Å². The van der Waals surface area contributed by atoms with Crippen LogP contribution in [0.4, 0.5) is 0 Å². The summed E-state index contributed by atoms with van der Waals surface area (Å²) < 4.78 is 27.5. The lowest BCUT2D eigenvalue weighted by Crippen LogP contribution is -2.23. The highest BCUT2D eigenvalue weighted by Crippen LogP contribution is 2.45. The molecule has 0 saturated carbocycles. The number of carbonyl (C=O) groups is 1. The van der Waals surface area contributed by atoms with Gasteiger partial charge in [-0.25, -0.2) is 12.4 Å². The fourth-order valence-electron chi connectivity index (χ4n) is 5.15. The normalized spacial score (nSPS) is 18.3. The van der Waals surface area contributed by atoms with E-state index in [0.29, 0.717) is 24.1 Å². The fourth-order valence-corrected chi connectivity index (χ4v) is 6.21. The number of benzene rings is 3. The Balaban J connectivity index is 1.81. The average molecular weight is 444 g/mol. The lowest BCUT2D eigenvalue weighted by atomic mass is 9.77. The van der Waals surface area contributed by atoms with Crippen LogP contribution < -0.4 is 0 Å². The van der Waals surface area contributed by atoms with Gasteiger partial charge in [0, 0.05) is 22.8 Å². The Morgan fingerprint density at radius 2 is 1.59 bits per heavy atom. The van der Waals surface area contributed by atoms with Gasteiger partial charge in [0.15, 0.2) is 5.78 Å². The van der Waals surface area contributed by atoms with Crippen molar-refractivity contribution < 1.29 is 13.2 Å². The molecule has 0 spiro atoms. The summed E-state index contributed by atoms with van der Waals surface area (Å²) in [5.41, 5.74) is 5.69. The molecule has 1 aliphatic carbocycles. The Labute approximate surface area is 188 Å². The van der Waals surface area contributed by atoms with E-state index in [4.69, 9.17) is 0 Å². The van der Waals surface area contributed by atoms with Crippen LogP contribution in [0.5, 0.6) is 0 Å². The minimum Gasteiger partial charge on any atom is -0.294 e. The minimum atomic E-state index is -3.57. The van der Waals surface area contributed by atoms with Gasteiger partial charge in [-0.05, 0) is 36.1 Å². The standard InChI is InChI=1S/C27H25NO3S/c1-18-12-14-19(15-13-18)26-22(20-8-5-7-11-24(20)28(26)32(3,30)31)16-27(2)17-25(29)21-9-4-6-10-23(21)27/h4-15H,16-17H2,1-3H3/t27-/m0/s1. The molecule has 4 aromatic rings. The summed E-state index contributed by atoms with van der Waals surface area (Å²) >= 11 is 0. The third-order valence-electron chi connectivity index (χ3n) is 6.59.